The lowest BCUT2D eigenvalue weighted by Crippen LogP contribution is -2.41. The van der Waals surface area contributed by atoms with Crippen molar-refractivity contribution in [3.8, 4) is 0 Å². The minimum Gasteiger partial charge on any atom is -0.459 e. The fourth-order valence-electron chi connectivity index (χ4n) is 4.06. The fraction of sp³-hybridized carbons (Fsp3) is 0.609. The molecule has 0 unspecified atom stereocenters. The molecule has 1 fully saturated rings. The Morgan fingerprint density at radius 1 is 1.14 bits per heavy atom. The number of rotatable bonds is 9. The van der Waals surface area contributed by atoms with Gasteiger partial charge in [-0.05, 0) is 24.5 Å². The second-order valence-corrected chi connectivity index (χ2v) is 7.75. The SMILES string of the molecule is CN(C(=O)C1=C[C@H](c2ccccc2)C[C@H](OCCOCCO)O1)C1CCCCC1. The molecule has 0 saturated heterocycles. The molecule has 0 aromatic heterocycles. The molecule has 1 aliphatic carbocycles. The normalized spacial score (nSPS) is 22.6. The first-order valence-electron chi connectivity index (χ1n) is 10.7. The Bertz CT molecular complexity index is 656. The van der Waals surface area contributed by atoms with Crippen LogP contribution >= 0.6 is 0 Å². The summed E-state index contributed by atoms with van der Waals surface area (Å²) >= 11 is 0. The number of hydrogen-bond donors (Lipinski definition) is 1. The van der Waals surface area contributed by atoms with Gasteiger partial charge in [0, 0.05) is 25.4 Å². The summed E-state index contributed by atoms with van der Waals surface area (Å²) in [6.07, 6.45) is 7.80. The lowest BCUT2D eigenvalue weighted by Gasteiger charge is -2.34. The highest BCUT2D eigenvalue weighted by molar-refractivity contribution is 5.91. The number of hydrogen-bond acceptors (Lipinski definition) is 5. The molecule has 0 radical (unpaired) electrons. The molecule has 2 atom stereocenters. The van der Waals surface area contributed by atoms with Gasteiger partial charge in [0.2, 0.25) is 6.29 Å². The Morgan fingerprint density at radius 2 is 1.90 bits per heavy atom. The summed E-state index contributed by atoms with van der Waals surface area (Å²) in [6.45, 7) is 1.01. The molecule has 1 aliphatic heterocycles. The van der Waals surface area contributed by atoms with Crippen LogP contribution in [0.25, 0.3) is 0 Å². The zero-order chi connectivity index (χ0) is 20.5. The highest BCUT2D eigenvalue weighted by Crippen LogP contribution is 2.32. The van der Waals surface area contributed by atoms with Crippen LogP contribution in [-0.4, -0.2) is 61.7 Å². The van der Waals surface area contributed by atoms with E-state index in [1.54, 1.807) is 0 Å². The predicted molar refractivity (Wildman–Crippen MR) is 110 cm³/mol. The van der Waals surface area contributed by atoms with Gasteiger partial charge in [-0.2, -0.15) is 0 Å². The highest BCUT2D eigenvalue weighted by Gasteiger charge is 2.32. The average Bonchev–Trinajstić information content (AvgIpc) is 2.79. The van der Waals surface area contributed by atoms with Gasteiger partial charge in [0.15, 0.2) is 5.76 Å². The van der Waals surface area contributed by atoms with Crippen molar-refractivity contribution in [2.45, 2.75) is 56.8 Å². The number of likely N-dealkylation sites (N-methyl/N-ethyl adjacent to an activating group) is 1. The monoisotopic (exact) mass is 403 g/mol. The zero-order valence-electron chi connectivity index (χ0n) is 17.3. The molecule has 1 heterocycles. The number of allylic oxidation sites excluding steroid dienone is 1. The quantitative estimate of drug-likeness (QED) is 0.641. The van der Waals surface area contributed by atoms with E-state index in [-0.39, 0.29) is 31.1 Å². The maximum Gasteiger partial charge on any atom is 0.288 e. The van der Waals surface area contributed by atoms with E-state index < -0.39 is 6.29 Å². The molecule has 6 heteroatoms. The van der Waals surface area contributed by atoms with Crippen LogP contribution in [0.5, 0.6) is 0 Å². The van der Waals surface area contributed by atoms with Crippen molar-refractivity contribution in [1.29, 1.82) is 0 Å². The first-order valence-corrected chi connectivity index (χ1v) is 10.7. The van der Waals surface area contributed by atoms with Crippen LogP contribution < -0.4 is 0 Å². The van der Waals surface area contributed by atoms with E-state index in [1.165, 1.54) is 19.3 Å². The summed E-state index contributed by atoms with van der Waals surface area (Å²) in [7, 11) is 1.88. The summed E-state index contributed by atoms with van der Waals surface area (Å²) in [6, 6.07) is 10.4. The Hall–Kier alpha value is -1.89. The minimum atomic E-state index is -0.498. The standard InChI is InChI=1S/C23H33NO5/c1-24(20-10-6-3-7-11-20)23(26)21-16-19(18-8-4-2-5-9-18)17-22(29-21)28-15-14-27-13-12-25/h2,4-5,8-9,16,19-20,22,25H,3,6-7,10-15,17H2,1H3/t19-,22+/m0/s1. The third kappa shape index (κ3) is 6.29. The number of aliphatic hydroxyl groups is 1. The van der Waals surface area contributed by atoms with Crippen molar-refractivity contribution in [2.75, 3.05) is 33.5 Å². The third-order valence-corrected chi connectivity index (χ3v) is 5.71. The van der Waals surface area contributed by atoms with Gasteiger partial charge in [-0.25, -0.2) is 0 Å². The predicted octanol–water partition coefficient (Wildman–Crippen LogP) is 3.22. The van der Waals surface area contributed by atoms with E-state index in [9.17, 15) is 4.79 Å². The smallest absolute Gasteiger partial charge is 0.288 e. The molecular weight excluding hydrogens is 370 g/mol. The topological polar surface area (TPSA) is 68.2 Å². The molecule has 1 saturated carbocycles. The summed E-state index contributed by atoms with van der Waals surface area (Å²) in [4.78, 5) is 15.0. The van der Waals surface area contributed by atoms with Crippen LogP contribution in [0.3, 0.4) is 0 Å². The van der Waals surface area contributed by atoms with Crippen molar-refractivity contribution in [2.24, 2.45) is 0 Å². The maximum absolute atomic E-state index is 13.2. The van der Waals surface area contributed by atoms with E-state index in [0.717, 1.165) is 18.4 Å². The first-order chi connectivity index (χ1) is 14.2. The summed E-state index contributed by atoms with van der Waals surface area (Å²) < 4.78 is 17.1. The van der Waals surface area contributed by atoms with Crippen molar-refractivity contribution in [3.05, 3.63) is 47.7 Å². The Balaban J connectivity index is 1.68. The number of carbonyl (C=O) groups excluding carboxylic acids is 1. The second kappa shape index (κ2) is 11.3. The molecule has 1 aromatic rings. The largest absolute Gasteiger partial charge is 0.459 e. The third-order valence-electron chi connectivity index (χ3n) is 5.71. The first kappa shape index (κ1) is 21.8. The maximum atomic E-state index is 13.2. The van der Waals surface area contributed by atoms with E-state index >= 15 is 0 Å². The van der Waals surface area contributed by atoms with E-state index in [0.29, 0.717) is 25.4 Å². The van der Waals surface area contributed by atoms with E-state index in [4.69, 9.17) is 19.3 Å². The van der Waals surface area contributed by atoms with Gasteiger partial charge in [-0.1, -0.05) is 49.6 Å². The van der Waals surface area contributed by atoms with Crippen molar-refractivity contribution in [1.82, 2.24) is 4.90 Å². The van der Waals surface area contributed by atoms with Crippen LogP contribution in [0.2, 0.25) is 0 Å². The molecule has 6 nitrogen and oxygen atoms in total. The summed E-state index contributed by atoms with van der Waals surface area (Å²) in [5.74, 6) is 0.370. The highest BCUT2D eigenvalue weighted by atomic mass is 16.7. The van der Waals surface area contributed by atoms with Gasteiger partial charge in [0.25, 0.3) is 5.91 Å². The van der Waals surface area contributed by atoms with Gasteiger partial charge in [0.05, 0.1) is 26.4 Å². The molecule has 1 amide bonds. The number of amides is 1. The lowest BCUT2D eigenvalue weighted by molar-refractivity contribution is -0.157. The number of nitrogens with zero attached hydrogens (tertiary/aromatic N) is 1. The number of carbonyl (C=O) groups is 1. The molecular formula is C23H33NO5. The van der Waals surface area contributed by atoms with Crippen LogP contribution in [0.4, 0.5) is 0 Å². The van der Waals surface area contributed by atoms with Crippen LogP contribution in [0, 0.1) is 0 Å². The van der Waals surface area contributed by atoms with Crippen LogP contribution in [0.15, 0.2) is 42.2 Å². The van der Waals surface area contributed by atoms with Gasteiger partial charge in [-0.3, -0.25) is 4.79 Å². The van der Waals surface area contributed by atoms with Crippen molar-refractivity contribution < 1.29 is 24.1 Å². The Morgan fingerprint density at radius 3 is 2.62 bits per heavy atom. The molecule has 0 spiro atoms. The van der Waals surface area contributed by atoms with Crippen LogP contribution in [0.1, 0.15) is 50.0 Å². The van der Waals surface area contributed by atoms with E-state index in [2.05, 4.69) is 12.1 Å². The average molecular weight is 404 g/mol. The van der Waals surface area contributed by atoms with Crippen LogP contribution in [-0.2, 0) is 19.0 Å². The molecule has 29 heavy (non-hydrogen) atoms. The number of ether oxygens (including phenoxy) is 3. The Labute approximate surface area is 173 Å². The van der Waals surface area contributed by atoms with Gasteiger partial charge in [0.1, 0.15) is 0 Å². The Kier molecular flexibility index (Phi) is 8.52. The fourth-order valence-corrected chi connectivity index (χ4v) is 4.06. The zero-order valence-corrected chi connectivity index (χ0v) is 17.3. The second-order valence-electron chi connectivity index (χ2n) is 7.75. The van der Waals surface area contributed by atoms with Gasteiger partial charge >= 0.3 is 0 Å². The molecule has 1 aromatic carbocycles. The molecule has 1 N–H and O–H groups in total. The molecule has 3 rings (SSSR count). The molecule has 2 aliphatic rings. The van der Waals surface area contributed by atoms with Crippen molar-refractivity contribution >= 4 is 5.91 Å². The minimum absolute atomic E-state index is 0.00903. The van der Waals surface area contributed by atoms with Crippen molar-refractivity contribution in [3.63, 3.8) is 0 Å². The summed E-state index contributed by atoms with van der Waals surface area (Å²) in [5, 5.41) is 8.79. The lowest BCUT2D eigenvalue weighted by atomic mass is 9.92. The molecule has 0 bridgehead atoms. The van der Waals surface area contributed by atoms with Gasteiger partial charge < -0.3 is 24.2 Å². The van der Waals surface area contributed by atoms with Gasteiger partial charge in [-0.15, -0.1) is 0 Å². The van der Waals surface area contributed by atoms with E-state index in [1.807, 2.05) is 36.2 Å². The molecule has 160 valence electrons. The number of aliphatic hydroxyl groups excluding tert-OH is 1. The number of benzene rings is 1. The summed E-state index contributed by atoms with van der Waals surface area (Å²) in [5.41, 5.74) is 1.14.